The first kappa shape index (κ1) is 11.1. The molecule has 0 bridgehead atoms. The Morgan fingerprint density at radius 2 is 2.06 bits per heavy atom. The molecule has 92 valence electrons. The highest BCUT2D eigenvalue weighted by Gasteiger charge is 2.60. The van der Waals surface area contributed by atoms with Crippen molar-refractivity contribution >= 4 is 0 Å². The molecular weight excluding hydrogens is 210 g/mol. The molecule has 0 aromatic heterocycles. The number of likely N-dealkylation sites (N-methyl/N-ethyl adjacent to an activating group) is 1. The van der Waals surface area contributed by atoms with Gasteiger partial charge >= 0.3 is 0 Å². The molecule has 17 heavy (non-hydrogen) atoms. The molecule has 2 aliphatic carbocycles. The molecule has 0 atom stereocenters. The molecule has 3 rings (SSSR count). The highest BCUT2D eigenvalue weighted by atomic mass is 16.5. The molecule has 1 spiro atoms. The Kier molecular flexibility index (Phi) is 2.44. The molecule has 1 aromatic carbocycles. The van der Waals surface area contributed by atoms with Gasteiger partial charge in [-0.3, -0.25) is 0 Å². The summed E-state index contributed by atoms with van der Waals surface area (Å²) in [5.41, 5.74) is 2.53. The molecule has 0 aliphatic heterocycles. The summed E-state index contributed by atoms with van der Waals surface area (Å²) in [6.07, 6.45) is 5.60. The number of hydrogen-bond acceptors (Lipinski definition) is 2. The molecule has 2 nitrogen and oxygen atoms in total. The predicted octanol–water partition coefficient (Wildman–Crippen LogP) is 2.73. The van der Waals surface area contributed by atoms with E-state index in [0.717, 1.165) is 17.7 Å². The van der Waals surface area contributed by atoms with Gasteiger partial charge in [-0.15, -0.1) is 0 Å². The molecule has 0 amide bonds. The van der Waals surface area contributed by atoms with Gasteiger partial charge in [-0.2, -0.15) is 0 Å². The molecule has 2 aliphatic rings. The Bertz CT molecular complexity index is 415. The minimum absolute atomic E-state index is 0.361. The van der Waals surface area contributed by atoms with Crippen LogP contribution in [-0.4, -0.2) is 20.7 Å². The fourth-order valence-electron chi connectivity index (χ4n) is 3.64. The first-order valence-electron chi connectivity index (χ1n) is 6.51. The van der Waals surface area contributed by atoms with E-state index >= 15 is 0 Å². The van der Waals surface area contributed by atoms with Crippen LogP contribution < -0.4 is 10.1 Å². The van der Waals surface area contributed by atoms with Crippen LogP contribution in [0.3, 0.4) is 0 Å². The standard InChI is InChI=1S/C15H21NO/c1-16-11-15(9-14(10-15)6-7-14)12-4-3-5-13(8-12)17-2/h3-5,8,16H,6-7,9-11H2,1-2H3. The average Bonchev–Trinajstić information content (AvgIpc) is 3.09. The Morgan fingerprint density at radius 1 is 1.29 bits per heavy atom. The van der Waals surface area contributed by atoms with E-state index in [1.807, 2.05) is 6.07 Å². The van der Waals surface area contributed by atoms with Crippen LogP contribution in [0.4, 0.5) is 0 Å². The monoisotopic (exact) mass is 231 g/mol. The van der Waals surface area contributed by atoms with Gasteiger partial charge in [0, 0.05) is 12.0 Å². The lowest BCUT2D eigenvalue weighted by Gasteiger charge is -2.49. The number of nitrogens with one attached hydrogen (secondary N) is 1. The first-order chi connectivity index (χ1) is 8.22. The van der Waals surface area contributed by atoms with Gasteiger partial charge in [0.2, 0.25) is 0 Å². The van der Waals surface area contributed by atoms with Gasteiger partial charge in [0.05, 0.1) is 7.11 Å². The summed E-state index contributed by atoms with van der Waals surface area (Å²) in [6.45, 7) is 1.09. The van der Waals surface area contributed by atoms with Crippen LogP contribution in [0.1, 0.15) is 31.2 Å². The summed E-state index contributed by atoms with van der Waals surface area (Å²) in [7, 11) is 3.80. The van der Waals surface area contributed by atoms with E-state index in [4.69, 9.17) is 4.74 Å². The lowest BCUT2D eigenvalue weighted by molar-refractivity contribution is 0.118. The third-order valence-electron chi connectivity index (χ3n) is 4.58. The predicted molar refractivity (Wildman–Crippen MR) is 69.5 cm³/mol. The summed E-state index contributed by atoms with van der Waals surface area (Å²) >= 11 is 0. The molecule has 0 saturated heterocycles. The molecule has 2 saturated carbocycles. The summed E-state index contributed by atoms with van der Waals surface area (Å²) in [5, 5.41) is 3.37. The van der Waals surface area contributed by atoms with Crippen molar-refractivity contribution in [2.45, 2.75) is 31.1 Å². The van der Waals surface area contributed by atoms with E-state index in [9.17, 15) is 0 Å². The van der Waals surface area contributed by atoms with Gasteiger partial charge in [-0.1, -0.05) is 12.1 Å². The van der Waals surface area contributed by atoms with Crippen molar-refractivity contribution < 1.29 is 4.74 Å². The van der Waals surface area contributed by atoms with Gasteiger partial charge in [-0.25, -0.2) is 0 Å². The van der Waals surface area contributed by atoms with Crippen molar-refractivity contribution in [2.24, 2.45) is 5.41 Å². The number of hydrogen-bond donors (Lipinski definition) is 1. The number of methoxy groups -OCH3 is 1. The van der Waals surface area contributed by atoms with Crippen LogP contribution in [-0.2, 0) is 5.41 Å². The summed E-state index contributed by atoms with van der Waals surface area (Å²) in [5.74, 6) is 0.981. The number of rotatable bonds is 4. The quantitative estimate of drug-likeness (QED) is 0.860. The number of benzene rings is 1. The van der Waals surface area contributed by atoms with E-state index in [1.54, 1.807) is 7.11 Å². The highest BCUT2D eigenvalue weighted by Crippen LogP contribution is 2.68. The second kappa shape index (κ2) is 3.74. The summed E-state index contributed by atoms with van der Waals surface area (Å²) < 4.78 is 5.34. The third kappa shape index (κ3) is 1.75. The second-order valence-corrected chi connectivity index (χ2v) is 5.90. The lowest BCUT2D eigenvalue weighted by atomic mass is 9.56. The Hall–Kier alpha value is -1.02. The zero-order valence-corrected chi connectivity index (χ0v) is 10.8. The smallest absolute Gasteiger partial charge is 0.119 e. The van der Waals surface area contributed by atoms with Crippen LogP contribution in [0, 0.1) is 5.41 Å². The van der Waals surface area contributed by atoms with Gasteiger partial charge in [0.15, 0.2) is 0 Å². The van der Waals surface area contributed by atoms with Crippen LogP contribution in [0.2, 0.25) is 0 Å². The van der Waals surface area contributed by atoms with Crippen molar-refractivity contribution in [2.75, 3.05) is 20.7 Å². The van der Waals surface area contributed by atoms with Gasteiger partial charge < -0.3 is 10.1 Å². The van der Waals surface area contributed by atoms with E-state index in [0.29, 0.717) is 5.41 Å². The number of ether oxygens (including phenoxy) is 1. The second-order valence-electron chi connectivity index (χ2n) is 5.90. The average molecular weight is 231 g/mol. The topological polar surface area (TPSA) is 21.3 Å². The Morgan fingerprint density at radius 3 is 2.65 bits per heavy atom. The molecule has 0 radical (unpaired) electrons. The van der Waals surface area contributed by atoms with Crippen molar-refractivity contribution in [3.63, 3.8) is 0 Å². The normalized spacial score (nSPS) is 23.2. The minimum Gasteiger partial charge on any atom is -0.497 e. The Labute approximate surface area is 103 Å². The van der Waals surface area contributed by atoms with Gasteiger partial charge in [0.1, 0.15) is 5.75 Å². The van der Waals surface area contributed by atoms with E-state index in [1.165, 1.54) is 31.2 Å². The SMILES string of the molecule is CNCC1(c2cccc(OC)c2)CC2(CC2)C1. The minimum atomic E-state index is 0.361. The molecule has 0 unspecified atom stereocenters. The van der Waals surface area contributed by atoms with Gasteiger partial charge in [-0.05, 0) is 55.8 Å². The van der Waals surface area contributed by atoms with Crippen molar-refractivity contribution in [3.05, 3.63) is 29.8 Å². The third-order valence-corrected chi connectivity index (χ3v) is 4.58. The summed E-state index contributed by atoms with van der Waals surface area (Å²) in [6, 6.07) is 8.62. The van der Waals surface area contributed by atoms with Crippen LogP contribution >= 0.6 is 0 Å². The fourth-order valence-corrected chi connectivity index (χ4v) is 3.64. The van der Waals surface area contributed by atoms with Crippen LogP contribution in [0.15, 0.2) is 24.3 Å². The van der Waals surface area contributed by atoms with E-state index in [-0.39, 0.29) is 0 Å². The molecule has 1 N–H and O–H groups in total. The maximum absolute atomic E-state index is 5.34. The summed E-state index contributed by atoms with van der Waals surface area (Å²) in [4.78, 5) is 0. The molecule has 0 heterocycles. The first-order valence-corrected chi connectivity index (χ1v) is 6.51. The molecule has 1 aromatic rings. The van der Waals surface area contributed by atoms with Crippen LogP contribution in [0.5, 0.6) is 5.75 Å². The van der Waals surface area contributed by atoms with Crippen LogP contribution in [0.25, 0.3) is 0 Å². The van der Waals surface area contributed by atoms with Crippen molar-refractivity contribution in [1.29, 1.82) is 0 Å². The molecular formula is C15H21NO. The lowest BCUT2D eigenvalue weighted by Crippen LogP contribution is -2.49. The molecule has 2 fully saturated rings. The zero-order valence-electron chi connectivity index (χ0n) is 10.8. The highest BCUT2D eigenvalue weighted by molar-refractivity contribution is 5.38. The van der Waals surface area contributed by atoms with Crippen molar-refractivity contribution in [1.82, 2.24) is 5.32 Å². The van der Waals surface area contributed by atoms with Gasteiger partial charge in [0.25, 0.3) is 0 Å². The maximum Gasteiger partial charge on any atom is 0.119 e. The molecule has 2 heteroatoms. The Balaban J connectivity index is 1.87. The van der Waals surface area contributed by atoms with E-state index < -0.39 is 0 Å². The largest absolute Gasteiger partial charge is 0.497 e. The zero-order chi connectivity index (χ0) is 11.9. The fraction of sp³-hybridized carbons (Fsp3) is 0.600. The maximum atomic E-state index is 5.34. The van der Waals surface area contributed by atoms with E-state index in [2.05, 4.69) is 30.6 Å². The van der Waals surface area contributed by atoms with Crippen molar-refractivity contribution in [3.8, 4) is 5.75 Å².